The normalized spacial score (nSPS) is 12.2. The number of amides is 1. The third-order valence-corrected chi connectivity index (χ3v) is 1.62. The number of hydrogen-bond donors (Lipinski definition) is 1. The number of rotatable bonds is 4. The van der Waals surface area contributed by atoms with Gasteiger partial charge in [-0.1, -0.05) is 6.92 Å². The van der Waals surface area contributed by atoms with Crippen LogP contribution in [-0.4, -0.2) is 38.0 Å². The van der Waals surface area contributed by atoms with Gasteiger partial charge in [-0.25, -0.2) is 0 Å². The molecule has 1 N–H and O–H groups in total. The highest BCUT2D eigenvalue weighted by Gasteiger charge is 2.12. The van der Waals surface area contributed by atoms with Gasteiger partial charge >= 0.3 is 0 Å². The molecular weight excluding hydrogens is 154 g/mol. The fourth-order valence-electron chi connectivity index (χ4n) is 0.982. The van der Waals surface area contributed by atoms with Gasteiger partial charge in [0.1, 0.15) is 0 Å². The maximum atomic E-state index is 11.0. The van der Waals surface area contributed by atoms with Crippen LogP contribution in [0.25, 0.3) is 0 Å². The molecule has 0 aromatic heterocycles. The SMILES string of the molecule is CNC(=O)C(C)CN(C)CC#N. The van der Waals surface area contributed by atoms with Crippen LogP contribution in [0.2, 0.25) is 0 Å². The maximum absolute atomic E-state index is 11.0. The first-order chi connectivity index (χ1) is 5.61. The Hall–Kier alpha value is -1.08. The molecule has 0 fully saturated rings. The van der Waals surface area contributed by atoms with Gasteiger partial charge in [0, 0.05) is 19.5 Å². The fraction of sp³-hybridized carbons (Fsp3) is 0.750. The number of carbonyl (C=O) groups excluding carboxylic acids is 1. The zero-order chi connectivity index (χ0) is 9.56. The van der Waals surface area contributed by atoms with Gasteiger partial charge in [0.15, 0.2) is 0 Å². The van der Waals surface area contributed by atoms with Crippen molar-refractivity contribution in [3.8, 4) is 6.07 Å². The molecule has 0 spiro atoms. The summed E-state index contributed by atoms with van der Waals surface area (Å²) in [5, 5.41) is 10.9. The minimum atomic E-state index is -0.0617. The lowest BCUT2D eigenvalue weighted by Gasteiger charge is -2.16. The number of nitrogens with zero attached hydrogens (tertiary/aromatic N) is 2. The largest absolute Gasteiger partial charge is 0.359 e. The van der Waals surface area contributed by atoms with E-state index in [1.54, 1.807) is 7.05 Å². The van der Waals surface area contributed by atoms with Gasteiger partial charge in [0.05, 0.1) is 12.6 Å². The highest BCUT2D eigenvalue weighted by molar-refractivity contribution is 5.78. The Morgan fingerprint density at radius 3 is 2.75 bits per heavy atom. The summed E-state index contributed by atoms with van der Waals surface area (Å²) < 4.78 is 0. The van der Waals surface area contributed by atoms with Crippen molar-refractivity contribution in [1.29, 1.82) is 5.26 Å². The van der Waals surface area contributed by atoms with Crippen LogP contribution in [0, 0.1) is 17.2 Å². The summed E-state index contributed by atoms with van der Waals surface area (Å²) in [5.41, 5.74) is 0. The molecule has 0 aromatic rings. The highest BCUT2D eigenvalue weighted by Crippen LogP contribution is 1.96. The summed E-state index contributed by atoms with van der Waals surface area (Å²) in [6.07, 6.45) is 0. The van der Waals surface area contributed by atoms with Gasteiger partial charge in [0.25, 0.3) is 0 Å². The van der Waals surface area contributed by atoms with Crippen molar-refractivity contribution < 1.29 is 4.79 Å². The Morgan fingerprint density at radius 1 is 1.75 bits per heavy atom. The summed E-state index contributed by atoms with van der Waals surface area (Å²) in [4.78, 5) is 12.9. The van der Waals surface area contributed by atoms with Gasteiger partial charge in [-0.3, -0.25) is 9.69 Å². The second-order valence-electron chi connectivity index (χ2n) is 2.87. The van der Waals surface area contributed by atoms with Crippen LogP contribution >= 0.6 is 0 Å². The monoisotopic (exact) mass is 169 g/mol. The van der Waals surface area contributed by atoms with E-state index in [0.717, 1.165) is 0 Å². The van der Waals surface area contributed by atoms with Crippen molar-refractivity contribution in [2.24, 2.45) is 5.92 Å². The van der Waals surface area contributed by atoms with E-state index in [9.17, 15) is 4.79 Å². The van der Waals surface area contributed by atoms with E-state index in [4.69, 9.17) is 5.26 Å². The molecule has 0 saturated heterocycles. The van der Waals surface area contributed by atoms with Crippen LogP contribution in [0.3, 0.4) is 0 Å². The minimum absolute atomic E-state index is 0.0137. The average Bonchev–Trinajstić information content (AvgIpc) is 2.03. The third-order valence-electron chi connectivity index (χ3n) is 1.62. The highest BCUT2D eigenvalue weighted by atomic mass is 16.1. The standard InChI is InChI=1S/C8H15N3O/c1-7(8(12)10-2)6-11(3)5-4-9/h7H,5-6H2,1-3H3,(H,10,12). The predicted molar refractivity (Wildman–Crippen MR) is 46.3 cm³/mol. The summed E-state index contributed by atoms with van der Waals surface area (Å²) in [7, 11) is 3.44. The molecule has 0 aromatic carbocycles. The lowest BCUT2D eigenvalue weighted by Crippen LogP contribution is -2.34. The van der Waals surface area contributed by atoms with Crippen molar-refractivity contribution in [3.05, 3.63) is 0 Å². The summed E-state index contributed by atoms with van der Waals surface area (Å²) in [6, 6.07) is 2.02. The number of hydrogen-bond acceptors (Lipinski definition) is 3. The van der Waals surface area contributed by atoms with Crippen LogP contribution in [-0.2, 0) is 4.79 Å². The van der Waals surface area contributed by atoms with Crippen molar-refractivity contribution in [2.75, 3.05) is 27.2 Å². The zero-order valence-electron chi connectivity index (χ0n) is 7.79. The molecule has 4 heteroatoms. The molecule has 0 saturated carbocycles. The lowest BCUT2D eigenvalue weighted by molar-refractivity contribution is -0.124. The molecular formula is C8H15N3O. The molecule has 0 aliphatic rings. The van der Waals surface area contributed by atoms with E-state index >= 15 is 0 Å². The molecule has 0 heterocycles. The van der Waals surface area contributed by atoms with Gasteiger partial charge < -0.3 is 5.32 Å². The molecule has 0 aliphatic carbocycles. The summed E-state index contributed by atoms with van der Waals surface area (Å²) in [5.74, 6) is -0.0480. The molecule has 1 unspecified atom stereocenters. The molecule has 4 nitrogen and oxygen atoms in total. The van der Waals surface area contributed by atoms with Gasteiger partial charge in [-0.15, -0.1) is 0 Å². The topological polar surface area (TPSA) is 56.1 Å². The number of carbonyl (C=O) groups is 1. The molecule has 12 heavy (non-hydrogen) atoms. The van der Waals surface area contributed by atoms with E-state index in [1.165, 1.54) is 0 Å². The molecule has 0 aliphatic heterocycles. The average molecular weight is 169 g/mol. The van der Waals surface area contributed by atoms with E-state index in [2.05, 4.69) is 5.32 Å². The lowest BCUT2D eigenvalue weighted by atomic mass is 10.1. The second-order valence-corrected chi connectivity index (χ2v) is 2.87. The third kappa shape index (κ3) is 3.94. The molecule has 68 valence electrons. The molecule has 1 atom stereocenters. The zero-order valence-corrected chi connectivity index (χ0v) is 7.79. The van der Waals surface area contributed by atoms with Crippen LogP contribution in [0.5, 0.6) is 0 Å². The van der Waals surface area contributed by atoms with Gasteiger partial charge in [-0.2, -0.15) is 5.26 Å². The van der Waals surface area contributed by atoms with E-state index in [1.807, 2.05) is 24.9 Å². The Morgan fingerprint density at radius 2 is 2.33 bits per heavy atom. The Balaban J connectivity index is 3.76. The molecule has 0 radical (unpaired) electrons. The molecule has 0 bridgehead atoms. The smallest absolute Gasteiger partial charge is 0.223 e. The van der Waals surface area contributed by atoms with Crippen molar-refractivity contribution in [2.45, 2.75) is 6.92 Å². The van der Waals surface area contributed by atoms with Crippen LogP contribution in [0.1, 0.15) is 6.92 Å². The predicted octanol–water partition coefficient (Wildman–Crippen LogP) is -0.176. The van der Waals surface area contributed by atoms with Crippen LogP contribution < -0.4 is 5.32 Å². The van der Waals surface area contributed by atoms with Crippen LogP contribution in [0.15, 0.2) is 0 Å². The summed E-state index contributed by atoms with van der Waals surface area (Å²) in [6.45, 7) is 2.82. The first-order valence-corrected chi connectivity index (χ1v) is 3.89. The van der Waals surface area contributed by atoms with Crippen molar-refractivity contribution >= 4 is 5.91 Å². The minimum Gasteiger partial charge on any atom is -0.359 e. The fourth-order valence-corrected chi connectivity index (χ4v) is 0.982. The first kappa shape index (κ1) is 10.9. The van der Waals surface area contributed by atoms with Crippen LogP contribution in [0.4, 0.5) is 0 Å². The number of nitrogens with one attached hydrogen (secondary N) is 1. The maximum Gasteiger partial charge on any atom is 0.223 e. The van der Waals surface area contributed by atoms with E-state index in [0.29, 0.717) is 13.1 Å². The van der Waals surface area contributed by atoms with Crippen molar-refractivity contribution in [1.82, 2.24) is 10.2 Å². The Bertz CT molecular complexity index is 185. The van der Waals surface area contributed by atoms with Gasteiger partial charge in [0.2, 0.25) is 5.91 Å². The first-order valence-electron chi connectivity index (χ1n) is 3.89. The van der Waals surface area contributed by atoms with Gasteiger partial charge in [-0.05, 0) is 7.05 Å². The van der Waals surface area contributed by atoms with E-state index < -0.39 is 0 Å². The quantitative estimate of drug-likeness (QED) is 0.594. The Labute approximate surface area is 73.2 Å². The molecule has 1 amide bonds. The summed E-state index contributed by atoms with van der Waals surface area (Å²) >= 11 is 0. The number of nitriles is 1. The van der Waals surface area contributed by atoms with E-state index in [-0.39, 0.29) is 11.8 Å². The second kappa shape index (κ2) is 5.56. The molecule has 0 rings (SSSR count). The van der Waals surface area contributed by atoms with Crippen molar-refractivity contribution in [3.63, 3.8) is 0 Å². The Kier molecular flexibility index (Phi) is 5.06.